The Kier molecular flexibility index (Phi) is 5.99. The van der Waals surface area contributed by atoms with Gasteiger partial charge in [-0.3, -0.25) is 4.79 Å². The molecule has 152 valence electrons. The summed E-state index contributed by atoms with van der Waals surface area (Å²) >= 11 is 1.27. The average Bonchev–Trinajstić information content (AvgIpc) is 3.49. The summed E-state index contributed by atoms with van der Waals surface area (Å²) in [7, 11) is 0. The molecule has 3 aromatic heterocycles. The summed E-state index contributed by atoms with van der Waals surface area (Å²) in [5, 5.41) is 21.3. The number of hydrazone groups is 1. The molecule has 0 saturated heterocycles. The summed E-state index contributed by atoms with van der Waals surface area (Å²) < 4.78 is 8.78. The number of furan rings is 1. The summed E-state index contributed by atoms with van der Waals surface area (Å²) in [6, 6.07) is 11.2. The van der Waals surface area contributed by atoms with E-state index in [4.69, 9.17) is 4.42 Å². The average molecular weight is 422 g/mol. The molecule has 1 aromatic carbocycles. The van der Waals surface area contributed by atoms with Crippen LogP contribution in [0.4, 0.5) is 0 Å². The van der Waals surface area contributed by atoms with Gasteiger partial charge >= 0.3 is 0 Å². The van der Waals surface area contributed by atoms with Crippen LogP contribution in [0.25, 0.3) is 11.0 Å². The number of nitrogens with one attached hydrogen (secondary N) is 1. The van der Waals surface area contributed by atoms with E-state index in [0.29, 0.717) is 29.8 Å². The molecule has 0 aliphatic carbocycles. The molecular weight excluding hydrogens is 404 g/mol. The fraction of sp³-hybridized carbons (Fsp3) is 0.158. The van der Waals surface area contributed by atoms with Gasteiger partial charge in [-0.15, -0.1) is 21.9 Å². The van der Waals surface area contributed by atoms with Crippen LogP contribution in [0.2, 0.25) is 0 Å². The standard InChI is InChI=1S/C19H18N8O2S/c1-2-9-26-17(12-27-16-8-4-3-7-15(16)21-25-27)22-24-19(26)30-13-18(28)23-20-11-14-6-5-10-29-14/h2-8,10-11H,1,9,12-13H2,(H,23,28)/b20-11+. The van der Waals surface area contributed by atoms with Crippen molar-refractivity contribution >= 4 is 34.9 Å². The Labute approximate surface area is 175 Å². The SMILES string of the molecule is C=CCn1c(Cn2nnc3ccccc32)nnc1SCC(=O)N/N=C/c1ccco1. The molecule has 0 spiro atoms. The molecule has 0 aliphatic heterocycles. The lowest BCUT2D eigenvalue weighted by atomic mass is 10.3. The van der Waals surface area contributed by atoms with Crippen molar-refractivity contribution in [1.82, 2.24) is 35.2 Å². The van der Waals surface area contributed by atoms with E-state index in [1.807, 2.05) is 28.8 Å². The molecule has 1 amide bonds. The van der Waals surface area contributed by atoms with Crippen LogP contribution in [-0.4, -0.2) is 47.6 Å². The quantitative estimate of drug-likeness (QED) is 0.190. The van der Waals surface area contributed by atoms with E-state index in [1.165, 1.54) is 24.2 Å². The van der Waals surface area contributed by atoms with Gasteiger partial charge in [0.2, 0.25) is 0 Å². The maximum Gasteiger partial charge on any atom is 0.250 e. The molecule has 10 nitrogen and oxygen atoms in total. The highest BCUT2D eigenvalue weighted by Crippen LogP contribution is 2.18. The van der Waals surface area contributed by atoms with Gasteiger partial charge in [0, 0.05) is 6.54 Å². The number of hydrogen-bond donors (Lipinski definition) is 1. The van der Waals surface area contributed by atoms with Gasteiger partial charge in [-0.25, -0.2) is 10.1 Å². The van der Waals surface area contributed by atoms with Gasteiger partial charge in [0.1, 0.15) is 17.8 Å². The van der Waals surface area contributed by atoms with Crippen molar-refractivity contribution in [2.75, 3.05) is 5.75 Å². The Morgan fingerprint density at radius 3 is 2.97 bits per heavy atom. The van der Waals surface area contributed by atoms with E-state index in [9.17, 15) is 4.79 Å². The first kappa shape index (κ1) is 19.6. The molecule has 30 heavy (non-hydrogen) atoms. The number of allylic oxidation sites excluding steroid dienone is 1. The molecule has 0 saturated carbocycles. The molecule has 0 radical (unpaired) electrons. The van der Waals surface area contributed by atoms with Crippen molar-refractivity contribution in [1.29, 1.82) is 0 Å². The Hall–Kier alpha value is -3.73. The van der Waals surface area contributed by atoms with Crippen LogP contribution >= 0.6 is 11.8 Å². The smallest absolute Gasteiger partial charge is 0.250 e. The summed E-state index contributed by atoms with van der Waals surface area (Å²) in [6.45, 7) is 4.71. The third-order valence-corrected chi connectivity index (χ3v) is 5.04. The van der Waals surface area contributed by atoms with E-state index in [2.05, 4.69) is 37.6 Å². The first-order chi connectivity index (χ1) is 14.7. The lowest BCUT2D eigenvalue weighted by molar-refractivity contribution is -0.118. The second kappa shape index (κ2) is 9.18. The van der Waals surface area contributed by atoms with Crippen LogP contribution in [-0.2, 0) is 17.9 Å². The Bertz CT molecular complexity index is 1180. The largest absolute Gasteiger partial charge is 0.463 e. The molecular formula is C19H18N8O2S. The number of fused-ring (bicyclic) bond motifs is 1. The second-order valence-corrected chi connectivity index (χ2v) is 7.07. The van der Waals surface area contributed by atoms with Gasteiger partial charge < -0.3 is 8.98 Å². The highest BCUT2D eigenvalue weighted by atomic mass is 32.2. The van der Waals surface area contributed by atoms with Gasteiger partial charge in [0.25, 0.3) is 5.91 Å². The molecule has 4 aromatic rings. The van der Waals surface area contributed by atoms with E-state index >= 15 is 0 Å². The van der Waals surface area contributed by atoms with Crippen LogP contribution in [0.5, 0.6) is 0 Å². The Morgan fingerprint density at radius 2 is 2.13 bits per heavy atom. The first-order valence-corrected chi connectivity index (χ1v) is 10.0. The zero-order chi connectivity index (χ0) is 20.8. The number of rotatable bonds is 9. The number of amides is 1. The van der Waals surface area contributed by atoms with Crippen LogP contribution in [0.3, 0.4) is 0 Å². The van der Waals surface area contributed by atoms with Crippen LogP contribution < -0.4 is 5.43 Å². The maximum absolute atomic E-state index is 12.0. The lowest BCUT2D eigenvalue weighted by Gasteiger charge is -2.07. The number of carbonyl (C=O) groups is 1. The normalized spacial score (nSPS) is 11.3. The summed E-state index contributed by atoms with van der Waals surface area (Å²) in [5.74, 6) is 1.12. The van der Waals surface area contributed by atoms with E-state index in [0.717, 1.165) is 11.0 Å². The van der Waals surface area contributed by atoms with Crippen molar-refractivity contribution in [3.05, 3.63) is 66.9 Å². The zero-order valence-electron chi connectivity index (χ0n) is 15.9. The third kappa shape index (κ3) is 4.46. The Morgan fingerprint density at radius 1 is 1.23 bits per heavy atom. The van der Waals surface area contributed by atoms with Gasteiger partial charge in [0.05, 0.1) is 23.7 Å². The van der Waals surface area contributed by atoms with Gasteiger partial charge in [-0.2, -0.15) is 5.10 Å². The molecule has 1 N–H and O–H groups in total. The molecule has 0 aliphatic rings. The monoisotopic (exact) mass is 422 g/mol. The van der Waals surface area contributed by atoms with Crippen molar-refractivity contribution < 1.29 is 9.21 Å². The highest BCUT2D eigenvalue weighted by molar-refractivity contribution is 7.99. The third-order valence-electron chi connectivity index (χ3n) is 4.07. The van der Waals surface area contributed by atoms with Gasteiger partial charge in [-0.05, 0) is 24.3 Å². The Balaban J connectivity index is 1.42. The lowest BCUT2D eigenvalue weighted by Crippen LogP contribution is -2.20. The topological polar surface area (TPSA) is 116 Å². The number of thioether (sulfide) groups is 1. The molecule has 0 fully saturated rings. The van der Waals surface area contributed by atoms with Crippen molar-refractivity contribution in [3.63, 3.8) is 0 Å². The summed E-state index contributed by atoms with van der Waals surface area (Å²) in [6.07, 6.45) is 4.72. The summed E-state index contributed by atoms with van der Waals surface area (Å²) in [5.41, 5.74) is 4.18. The van der Waals surface area contributed by atoms with Crippen LogP contribution in [0.15, 0.2) is 70.0 Å². The number of benzene rings is 1. The second-order valence-electron chi connectivity index (χ2n) is 6.13. The predicted molar refractivity (Wildman–Crippen MR) is 112 cm³/mol. The fourth-order valence-electron chi connectivity index (χ4n) is 2.72. The molecule has 0 unspecified atom stereocenters. The minimum Gasteiger partial charge on any atom is -0.463 e. The minimum absolute atomic E-state index is 0.136. The molecule has 11 heteroatoms. The van der Waals surface area contributed by atoms with Crippen LogP contribution in [0, 0.1) is 0 Å². The molecule has 4 rings (SSSR count). The molecule has 0 atom stereocenters. The van der Waals surface area contributed by atoms with Crippen molar-refractivity contribution in [2.24, 2.45) is 5.10 Å². The number of carbonyl (C=O) groups excluding carboxylic acids is 1. The van der Waals surface area contributed by atoms with E-state index in [-0.39, 0.29) is 11.7 Å². The zero-order valence-corrected chi connectivity index (χ0v) is 16.7. The van der Waals surface area contributed by atoms with Gasteiger partial charge in [-0.1, -0.05) is 35.2 Å². The minimum atomic E-state index is -0.264. The maximum atomic E-state index is 12.0. The van der Waals surface area contributed by atoms with Crippen molar-refractivity contribution in [2.45, 2.75) is 18.2 Å². The van der Waals surface area contributed by atoms with Gasteiger partial charge in [0.15, 0.2) is 11.0 Å². The molecule has 3 heterocycles. The number of nitrogens with zero attached hydrogens (tertiary/aromatic N) is 7. The van der Waals surface area contributed by atoms with Crippen LogP contribution in [0.1, 0.15) is 11.6 Å². The number of para-hydroxylation sites is 1. The summed E-state index contributed by atoms with van der Waals surface area (Å²) in [4.78, 5) is 12.0. The van der Waals surface area contributed by atoms with E-state index < -0.39 is 0 Å². The van der Waals surface area contributed by atoms with E-state index in [1.54, 1.807) is 22.9 Å². The number of aromatic nitrogens is 6. The highest BCUT2D eigenvalue weighted by Gasteiger charge is 2.15. The fourth-order valence-corrected chi connectivity index (χ4v) is 3.48. The molecule has 0 bridgehead atoms. The first-order valence-electron chi connectivity index (χ1n) is 9.04. The number of hydrogen-bond acceptors (Lipinski definition) is 8. The predicted octanol–water partition coefficient (Wildman–Crippen LogP) is 2.09. The van der Waals surface area contributed by atoms with Crippen molar-refractivity contribution in [3.8, 4) is 0 Å².